The summed E-state index contributed by atoms with van der Waals surface area (Å²) in [7, 11) is 1.88. The molecule has 3 rings (SSSR count). The standard InChI is InChI=1S/C21H33ClN4O2S.HI/c1-23-20(24-17-21(29-2)7-14-27-15-8-21)26-11-9-25(10-12-26)13-16-28-19-5-3-18(22)4-6-19;/h3-6H,7-17H2,1-2H3,(H,23,24);1H. The van der Waals surface area contributed by atoms with Gasteiger partial charge in [-0.25, -0.2) is 0 Å². The van der Waals surface area contributed by atoms with Crippen molar-refractivity contribution >= 4 is 53.3 Å². The molecule has 1 aromatic rings. The molecule has 0 radical (unpaired) electrons. The first kappa shape index (κ1) is 25.8. The van der Waals surface area contributed by atoms with Gasteiger partial charge in [0, 0.05) is 69.3 Å². The highest BCUT2D eigenvalue weighted by molar-refractivity contribution is 14.0. The number of nitrogens with one attached hydrogen (secondary N) is 1. The highest BCUT2D eigenvalue weighted by Gasteiger charge is 2.32. The van der Waals surface area contributed by atoms with Gasteiger partial charge in [0.15, 0.2) is 5.96 Å². The maximum absolute atomic E-state index is 5.91. The maximum atomic E-state index is 5.91. The van der Waals surface area contributed by atoms with Crippen LogP contribution in [0.4, 0.5) is 0 Å². The zero-order valence-electron chi connectivity index (χ0n) is 17.9. The zero-order valence-corrected chi connectivity index (χ0v) is 21.8. The summed E-state index contributed by atoms with van der Waals surface area (Å²) in [6.45, 7) is 8.28. The summed E-state index contributed by atoms with van der Waals surface area (Å²) in [5, 5.41) is 4.36. The van der Waals surface area contributed by atoms with Crippen molar-refractivity contribution in [2.45, 2.75) is 17.6 Å². The molecule has 30 heavy (non-hydrogen) atoms. The molecule has 0 bridgehead atoms. The number of hydrogen-bond acceptors (Lipinski definition) is 5. The lowest BCUT2D eigenvalue weighted by molar-refractivity contribution is 0.0779. The minimum Gasteiger partial charge on any atom is -0.492 e. The van der Waals surface area contributed by atoms with Crippen LogP contribution in [-0.4, -0.2) is 92.9 Å². The van der Waals surface area contributed by atoms with Crippen molar-refractivity contribution < 1.29 is 9.47 Å². The predicted molar refractivity (Wildman–Crippen MR) is 138 cm³/mol. The SMILES string of the molecule is CN=C(NCC1(SC)CCOCC1)N1CCN(CCOc2ccc(Cl)cc2)CC1.I. The van der Waals surface area contributed by atoms with Crippen molar-refractivity contribution in [1.82, 2.24) is 15.1 Å². The Morgan fingerprint density at radius 3 is 2.47 bits per heavy atom. The second-order valence-electron chi connectivity index (χ2n) is 7.53. The molecule has 0 spiro atoms. The van der Waals surface area contributed by atoms with Crippen LogP contribution < -0.4 is 10.1 Å². The number of ether oxygens (including phenoxy) is 2. The number of piperazine rings is 1. The molecular weight excluding hydrogens is 535 g/mol. The minimum atomic E-state index is 0. The molecule has 0 atom stereocenters. The van der Waals surface area contributed by atoms with Crippen LogP contribution in [0.1, 0.15) is 12.8 Å². The lowest BCUT2D eigenvalue weighted by atomic mass is 9.99. The molecule has 2 fully saturated rings. The first-order chi connectivity index (χ1) is 14.1. The zero-order chi connectivity index (χ0) is 20.5. The largest absolute Gasteiger partial charge is 0.492 e. The van der Waals surface area contributed by atoms with E-state index >= 15 is 0 Å². The fourth-order valence-corrected chi connectivity index (χ4v) is 4.69. The Morgan fingerprint density at radius 2 is 1.87 bits per heavy atom. The molecule has 1 aromatic carbocycles. The number of aliphatic imine (C=N–C) groups is 1. The van der Waals surface area contributed by atoms with E-state index in [0.29, 0.717) is 6.61 Å². The van der Waals surface area contributed by atoms with Crippen LogP contribution in [0.3, 0.4) is 0 Å². The lowest BCUT2D eigenvalue weighted by Gasteiger charge is -2.39. The smallest absolute Gasteiger partial charge is 0.193 e. The van der Waals surface area contributed by atoms with Crippen LogP contribution in [0, 0.1) is 0 Å². The Bertz CT molecular complexity index is 651. The minimum absolute atomic E-state index is 0. The summed E-state index contributed by atoms with van der Waals surface area (Å²) in [6, 6.07) is 7.54. The van der Waals surface area contributed by atoms with E-state index < -0.39 is 0 Å². The van der Waals surface area contributed by atoms with Gasteiger partial charge in [-0.15, -0.1) is 24.0 Å². The summed E-state index contributed by atoms with van der Waals surface area (Å²) in [5.41, 5.74) is 0. The molecule has 0 aromatic heterocycles. The summed E-state index contributed by atoms with van der Waals surface area (Å²) >= 11 is 7.87. The van der Waals surface area contributed by atoms with Crippen LogP contribution in [0.5, 0.6) is 5.75 Å². The number of nitrogens with zero attached hydrogens (tertiary/aromatic N) is 3. The Kier molecular flexibility index (Phi) is 11.4. The van der Waals surface area contributed by atoms with E-state index in [1.165, 1.54) is 0 Å². The molecule has 2 saturated heterocycles. The van der Waals surface area contributed by atoms with Crippen molar-refractivity contribution in [3.8, 4) is 5.75 Å². The van der Waals surface area contributed by atoms with E-state index in [0.717, 1.165) is 82.1 Å². The van der Waals surface area contributed by atoms with Crippen molar-refractivity contribution in [2.75, 3.05) is 72.4 Å². The van der Waals surface area contributed by atoms with E-state index in [-0.39, 0.29) is 28.7 Å². The Balaban J connectivity index is 0.00000320. The quantitative estimate of drug-likeness (QED) is 0.309. The second kappa shape index (κ2) is 13.2. The van der Waals surface area contributed by atoms with E-state index in [4.69, 9.17) is 21.1 Å². The van der Waals surface area contributed by atoms with Crippen LogP contribution in [0.2, 0.25) is 5.02 Å². The number of thioether (sulfide) groups is 1. The molecule has 0 amide bonds. The summed E-state index contributed by atoms with van der Waals surface area (Å²) in [5.74, 6) is 1.88. The van der Waals surface area contributed by atoms with Crippen LogP contribution in [0.25, 0.3) is 0 Å². The number of hydrogen-bond donors (Lipinski definition) is 1. The van der Waals surface area contributed by atoms with E-state index in [9.17, 15) is 0 Å². The van der Waals surface area contributed by atoms with Crippen molar-refractivity contribution in [2.24, 2.45) is 4.99 Å². The molecule has 2 aliphatic heterocycles. The van der Waals surface area contributed by atoms with Crippen molar-refractivity contribution in [1.29, 1.82) is 0 Å². The number of halogens is 2. The van der Waals surface area contributed by atoms with Gasteiger partial charge < -0.3 is 19.7 Å². The lowest BCUT2D eigenvalue weighted by Crippen LogP contribution is -2.55. The third-order valence-corrected chi connectivity index (χ3v) is 7.45. The van der Waals surface area contributed by atoms with E-state index in [1.54, 1.807) is 0 Å². The first-order valence-corrected chi connectivity index (χ1v) is 11.9. The maximum Gasteiger partial charge on any atom is 0.193 e. The molecule has 0 saturated carbocycles. The first-order valence-electron chi connectivity index (χ1n) is 10.3. The van der Waals surface area contributed by atoms with Crippen LogP contribution >= 0.6 is 47.3 Å². The third-order valence-electron chi connectivity index (χ3n) is 5.78. The Hall–Kier alpha value is -0.420. The highest BCUT2D eigenvalue weighted by Crippen LogP contribution is 2.33. The molecular formula is C21H34ClIN4O2S. The Labute approximate surface area is 207 Å². The molecule has 2 aliphatic rings. The molecule has 2 heterocycles. The monoisotopic (exact) mass is 568 g/mol. The average molecular weight is 569 g/mol. The number of rotatable bonds is 7. The predicted octanol–water partition coefficient (Wildman–Crippen LogP) is 3.44. The van der Waals surface area contributed by atoms with Gasteiger partial charge in [0.2, 0.25) is 0 Å². The molecule has 0 aliphatic carbocycles. The second-order valence-corrected chi connectivity index (χ2v) is 9.24. The number of benzene rings is 1. The molecule has 0 unspecified atom stereocenters. The van der Waals surface area contributed by atoms with Gasteiger partial charge in [0.1, 0.15) is 12.4 Å². The van der Waals surface area contributed by atoms with Gasteiger partial charge in [-0.05, 0) is 43.4 Å². The topological polar surface area (TPSA) is 49.3 Å². The average Bonchev–Trinajstić information content (AvgIpc) is 2.77. The fraction of sp³-hybridized carbons (Fsp3) is 0.667. The van der Waals surface area contributed by atoms with Gasteiger partial charge in [-0.3, -0.25) is 9.89 Å². The summed E-state index contributed by atoms with van der Waals surface area (Å²) in [6.07, 6.45) is 4.40. The highest BCUT2D eigenvalue weighted by atomic mass is 127. The normalized spacial score (nSPS) is 19.8. The Morgan fingerprint density at radius 1 is 1.20 bits per heavy atom. The third kappa shape index (κ3) is 7.62. The van der Waals surface area contributed by atoms with Gasteiger partial charge in [0.25, 0.3) is 0 Å². The number of guanidine groups is 1. The summed E-state index contributed by atoms with van der Waals surface area (Å²) in [4.78, 5) is 9.34. The van der Waals surface area contributed by atoms with Crippen molar-refractivity contribution in [3.63, 3.8) is 0 Å². The summed E-state index contributed by atoms with van der Waals surface area (Å²) < 4.78 is 11.6. The van der Waals surface area contributed by atoms with Crippen LogP contribution in [0.15, 0.2) is 29.3 Å². The fourth-order valence-electron chi connectivity index (χ4n) is 3.78. The molecule has 9 heteroatoms. The van der Waals surface area contributed by atoms with Crippen molar-refractivity contribution in [3.05, 3.63) is 29.3 Å². The van der Waals surface area contributed by atoms with E-state index in [2.05, 4.69) is 26.4 Å². The van der Waals surface area contributed by atoms with E-state index in [1.807, 2.05) is 43.1 Å². The molecule has 6 nitrogen and oxygen atoms in total. The molecule has 1 N–H and O–H groups in total. The van der Waals surface area contributed by atoms with Gasteiger partial charge in [-0.2, -0.15) is 11.8 Å². The van der Waals surface area contributed by atoms with Gasteiger partial charge >= 0.3 is 0 Å². The van der Waals surface area contributed by atoms with Gasteiger partial charge in [-0.1, -0.05) is 11.6 Å². The van der Waals surface area contributed by atoms with Gasteiger partial charge in [0.05, 0.1) is 0 Å². The molecule has 170 valence electrons. The van der Waals surface area contributed by atoms with Crippen LogP contribution in [-0.2, 0) is 4.74 Å².